The molecule has 224 valence electrons. The second kappa shape index (κ2) is 17.1. The van der Waals surface area contributed by atoms with E-state index in [0.29, 0.717) is 23.4 Å². The first-order valence-corrected chi connectivity index (χ1v) is 12.6. The number of carboxylic acid groups (broad SMARTS) is 4. The Morgan fingerprint density at radius 3 is 1.95 bits per heavy atom. The monoisotopic (exact) mass is 569 g/mol. The molecule has 1 aromatic heterocycles. The summed E-state index contributed by atoms with van der Waals surface area (Å²) in [5, 5.41) is 46.5. The van der Waals surface area contributed by atoms with Crippen LogP contribution in [0.15, 0.2) is 23.1 Å². The molecule has 16 nitrogen and oxygen atoms in total. The molecule has 0 bridgehead atoms. The lowest BCUT2D eigenvalue weighted by Gasteiger charge is -2.16. The van der Waals surface area contributed by atoms with Crippen molar-refractivity contribution in [3.8, 4) is 0 Å². The first-order chi connectivity index (χ1) is 18.7. The molecule has 0 radical (unpaired) electrons. The van der Waals surface area contributed by atoms with E-state index in [1.165, 1.54) is 12.5 Å². The van der Waals surface area contributed by atoms with Gasteiger partial charge in [-0.2, -0.15) is 0 Å². The summed E-state index contributed by atoms with van der Waals surface area (Å²) < 4.78 is 1.59. The molecule has 40 heavy (non-hydrogen) atoms. The topological polar surface area (TPSA) is 304 Å². The molecule has 0 aromatic carbocycles. The van der Waals surface area contributed by atoms with Gasteiger partial charge in [0.25, 0.3) is 0 Å². The summed E-state index contributed by atoms with van der Waals surface area (Å²) in [6.45, 7) is -0.0966. The van der Waals surface area contributed by atoms with Gasteiger partial charge in [0, 0.05) is 24.5 Å². The Morgan fingerprint density at radius 2 is 1.38 bits per heavy atom. The van der Waals surface area contributed by atoms with Gasteiger partial charge in [0.2, 0.25) is 0 Å². The van der Waals surface area contributed by atoms with Crippen LogP contribution in [0.3, 0.4) is 0 Å². The highest BCUT2D eigenvalue weighted by atomic mass is 16.4. The number of aliphatic hydroxyl groups is 1. The Labute approximate surface area is 230 Å². The van der Waals surface area contributed by atoms with Crippen LogP contribution < -0.4 is 22.9 Å². The van der Waals surface area contributed by atoms with Gasteiger partial charge in [0.15, 0.2) is 0 Å². The lowest BCUT2D eigenvalue weighted by atomic mass is 10.0. The fraction of sp³-hybridized carbons (Fsp3) is 0.583. The third-order valence-corrected chi connectivity index (χ3v) is 6.04. The van der Waals surface area contributed by atoms with Crippen molar-refractivity contribution in [3.63, 3.8) is 0 Å². The van der Waals surface area contributed by atoms with E-state index >= 15 is 0 Å². The van der Waals surface area contributed by atoms with Crippen molar-refractivity contribution in [1.82, 2.24) is 9.55 Å². The van der Waals surface area contributed by atoms with Crippen molar-refractivity contribution in [3.05, 3.63) is 23.8 Å². The molecule has 0 fully saturated rings. The Bertz CT molecular complexity index is 1070. The number of aliphatic imine (C=N–C) groups is 1. The third-order valence-electron chi connectivity index (χ3n) is 6.04. The number of aromatic nitrogens is 2. The van der Waals surface area contributed by atoms with Crippen molar-refractivity contribution < 1.29 is 44.7 Å². The van der Waals surface area contributed by atoms with Gasteiger partial charge in [-0.15, -0.1) is 0 Å². The molecule has 0 saturated carbocycles. The largest absolute Gasteiger partial charge is 0.480 e. The highest BCUT2D eigenvalue weighted by Gasteiger charge is 2.19. The molecule has 5 atom stereocenters. The first-order valence-electron chi connectivity index (χ1n) is 12.6. The molecular formula is C24H39N7O9. The molecule has 13 N–H and O–H groups in total. The van der Waals surface area contributed by atoms with Gasteiger partial charge in [0.1, 0.15) is 24.2 Å². The average Bonchev–Trinajstić information content (AvgIpc) is 3.34. The van der Waals surface area contributed by atoms with Gasteiger partial charge in [-0.1, -0.05) is 0 Å². The molecule has 0 spiro atoms. The maximum atomic E-state index is 11.3. The number of nitrogens with zero attached hydrogens (tertiary/aromatic N) is 3. The molecular weight excluding hydrogens is 530 g/mol. The van der Waals surface area contributed by atoms with Crippen LogP contribution in [-0.2, 0) is 25.6 Å². The summed E-state index contributed by atoms with van der Waals surface area (Å²) in [6.07, 6.45) is 4.37. The van der Waals surface area contributed by atoms with Crippen LogP contribution in [0.2, 0.25) is 0 Å². The number of rotatable bonds is 20. The van der Waals surface area contributed by atoms with Crippen molar-refractivity contribution in [2.45, 2.75) is 81.6 Å². The van der Waals surface area contributed by atoms with Crippen LogP contribution in [0.25, 0.3) is 5.70 Å². The Hall–Kier alpha value is -3.70. The van der Waals surface area contributed by atoms with Crippen LogP contribution in [-0.4, -0.2) is 102 Å². The van der Waals surface area contributed by atoms with E-state index in [9.17, 15) is 29.4 Å². The van der Waals surface area contributed by atoms with Crippen LogP contribution in [0, 0.1) is 0 Å². The lowest BCUT2D eigenvalue weighted by Crippen LogP contribution is -2.32. The lowest BCUT2D eigenvalue weighted by molar-refractivity contribution is -0.139. The smallest absolute Gasteiger partial charge is 0.320 e. The second-order valence-corrected chi connectivity index (χ2v) is 9.38. The minimum absolute atomic E-state index is 0.0241. The number of hydrogen-bond acceptors (Lipinski definition) is 11. The van der Waals surface area contributed by atoms with E-state index in [1.807, 2.05) is 0 Å². The van der Waals surface area contributed by atoms with E-state index in [2.05, 4.69) is 9.98 Å². The highest BCUT2D eigenvalue weighted by molar-refractivity contribution is 5.87. The molecule has 1 heterocycles. The predicted molar refractivity (Wildman–Crippen MR) is 143 cm³/mol. The number of allylic oxidation sites excluding steroid dienone is 2. The second-order valence-electron chi connectivity index (χ2n) is 9.38. The molecule has 1 rings (SSSR count). The Morgan fingerprint density at radius 1 is 0.825 bits per heavy atom. The van der Waals surface area contributed by atoms with Gasteiger partial charge in [0.05, 0.1) is 24.7 Å². The van der Waals surface area contributed by atoms with Crippen molar-refractivity contribution in [2.24, 2.45) is 27.9 Å². The molecule has 0 aliphatic rings. The number of carbonyl (C=O) groups is 4. The fourth-order valence-corrected chi connectivity index (χ4v) is 3.59. The van der Waals surface area contributed by atoms with Crippen molar-refractivity contribution >= 4 is 35.8 Å². The van der Waals surface area contributed by atoms with Crippen molar-refractivity contribution in [2.75, 3.05) is 6.54 Å². The van der Waals surface area contributed by atoms with Gasteiger partial charge < -0.3 is 53.0 Å². The summed E-state index contributed by atoms with van der Waals surface area (Å²) in [6, 6.07) is -4.59. The van der Waals surface area contributed by atoms with E-state index < -0.39 is 54.1 Å². The minimum atomic E-state index is -1.21. The van der Waals surface area contributed by atoms with Gasteiger partial charge >= 0.3 is 23.9 Å². The predicted octanol–water partition coefficient (Wildman–Crippen LogP) is -1.55. The molecule has 0 saturated heterocycles. The zero-order chi connectivity index (χ0) is 30.4. The van der Waals surface area contributed by atoms with Gasteiger partial charge in [-0.3, -0.25) is 24.2 Å². The average molecular weight is 570 g/mol. The van der Waals surface area contributed by atoms with Gasteiger partial charge in [-0.05, 0) is 50.5 Å². The number of imidazole rings is 1. The Kier molecular flexibility index (Phi) is 14.7. The van der Waals surface area contributed by atoms with E-state index in [4.69, 9.17) is 38.3 Å². The number of hydrogen-bond donors (Lipinski definition) is 9. The summed E-state index contributed by atoms with van der Waals surface area (Å²) in [7, 11) is 0. The summed E-state index contributed by atoms with van der Waals surface area (Å²) in [4.78, 5) is 52.9. The standard InChI is InChI=1S/C24H39N7O9/c25-16(21(33)34)2-1-3-20(31-11-14(30-12-31)8-19(28)24(39)40)13(4-6-17(26)22(35)36)9-29-10-15(32)5-7-18(27)23(37)38/h9,11-12,15-19,32H,1-8,10,25-28H2,(H,33,34)(H,35,36)(H,37,38)(H,39,40)/b20-13+,29-9?. The molecule has 16 heteroatoms. The van der Waals surface area contributed by atoms with Crippen LogP contribution in [0.5, 0.6) is 0 Å². The number of aliphatic hydroxyl groups excluding tert-OH is 1. The minimum Gasteiger partial charge on any atom is -0.480 e. The molecule has 5 unspecified atom stereocenters. The maximum absolute atomic E-state index is 11.3. The summed E-state index contributed by atoms with van der Waals surface area (Å²) >= 11 is 0. The zero-order valence-corrected chi connectivity index (χ0v) is 22.0. The molecule has 1 aromatic rings. The van der Waals surface area contributed by atoms with E-state index in [-0.39, 0.29) is 51.5 Å². The number of nitrogens with two attached hydrogens (primary N) is 4. The highest BCUT2D eigenvalue weighted by Crippen LogP contribution is 2.23. The normalized spacial score (nSPS) is 16.1. The zero-order valence-electron chi connectivity index (χ0n) is 22.0. The van der Waals surface area contributed by atoms with E-state index in [1.54, 1.807) is 10.8 Å². The fourth-order valence-electron chi connectivity index (χ4n) is 3.59. The summed E-state index contributed by atoms with van der Waals surface area (Å²) in [5.41, 5.74) is 23.9. The SMILES string of the molecule is NC(CCC/C(=C(\C=NCC(O)CCC(N)C(=O)O)CCC(N)C(=O)O)n1cnc(CC(N)C(=O)O)c1)C(=O)O. The third kappa shape index (κ3) is 12.4. The molecule has 0 aliphatic heterocycles. The van der Waals surface area contributed by atoms with E-state index in [0.717, 1.165) is 0 Å². The van der Waals surface area contributed by atoms with Crippen molar-refractivity contribution in [1.29, 1.82) is 0 Å². The molecule has 0 aliphatic carbocycles. The number of aliphatic carboxylic acids is 4. The maximum Gasteiger partial charge on any atom is 0.320 e. The quantitative estimate of drug-likeness (QED) is 0.0803. The van der Waals surface area contributed by atoms with Gasteiger partial charge in [-0.25, -0.2) is 4.98 Å². The van der Waals surface area contributed by atoms with Crippen LogP contribution >= 0.6 is 0 Å². The number of carboxylic acids is 4. The van der Waals surface area contributed by atoms with Crippen LogP contribution in [0.1, 0.15) is 50.6 Å². The summed E-state index contributed by atoms with van der Waals surface area (Å²) in [5.74, 6) is -4.76. The van der Waals surface area contributed by atoms with Crippen LogP contribution in [0.4, 0.5) is 0 Å². The first kappa shape index (κ1) is 34.3. The molecule has 0 amide bonds. The Balaban J connectivity index is 3.32.